The van der Waals surface area contributed by atoms with Gasteiger partial charge in [0.1, 0.15) is 0 Å². The van der Waals surface area contributed by atoms with Gasteiger partial charge in [0, 0.05) is 43.7 Å². The second kappa shape index (κ2) is 6.80. The van der Waals surface area contributed by atoms with Gasteiger partial charge in [0.2, 0.25) is 0 Å². The van der Waals surface area contributed by atoms with Gasteiger partial charge in [-0.2, -0.15) is 0 Å². The van der Waals surface area contributed by atoms with E-state index < -0.39 is 0 Å². The summed E-state index contributed by atoms with van der Waals surface area (Å²) in [4.78, 5) is 17.1. The Bertz CT molecular complexity index is 491. The van der Waals surface area contributed by atoms with Gasteiger partial charge in [-0.25, -0.2) is 0 Å². The number of piperazine rings is 1. The van der Waals surface area contributed by atoms with Crippen LogP contribution in [0.3, 0.4) is 0 Å². The molecule has 1 aromatic rings. The Morgan fingerprint density at radius 3 is 2.52 bits per heavy atom. The molecule has 0 unspecified atom stereocenters. The minimum atomic E-state index is 0.146. The van der Waals surface area contributed by atoms with Crippen molar-refractivity contribution in [2.45, 2.75) is 37.6 Å². The van der Waals surface area contributed by atoms with Gasteiger partial charge < -0.3 is 4.90 Å². The Hall–Kier alpha value is -1.06. The minimum Gasteiger partial charge on any atom is -0.336 e. The van der Waals surface area contributed by atoms with E-state index in [2.05, 4.69) is 4.90 Å². The third-order valence-electron chi connectivity index (χ3n) is 4.77. The molecule has 0 aromatic heterocycles. The Labute approximate surface area is 131 Å². The third-order valence-corrected chi connectivity index (χ3v) is 5.08. The normalized spacial score (nSPS) is 20.9. The minimum absolute atomic E-state index is 0.146. The molecule has 0 N–H and O–H groups in total. The van der Waals surface area contributed by atoms with Crippen molar-refractivity contribution in [3.63, 3.8) is 0 Å². The zero-order chi connectivity index (χ0) is 14.7. The van der Waals surface area contributed by atoms with Crippen LogP contribution in [0.2, 0.25) is 0 Å². The molecule has 0 bridgehead atoms. The van der Waals surface area contributed by atoms with Crippen molar-refractivity contribution in [1.82, 2.24) is 9.80 Å². The van der Waals surface area contributed by atoms with Gasteiger partial charge in [-0.15, -0.1) is 11.6 Å². The van der Waals surface area contributed by atoms with Gasteiger partial charge in [-0.05, 0) is 30.5 Å². The Morgan fingerprint density at radius 1 is 1.14 bits per heavy atom. The number of alkyl halides is 1. The van der Waals surface area contributed by atoms with E-state index in [1.807, 2.05) is 29.2 Å². The summed E-state index contributed by atoms with van der Waals surface area (Å²) in [6.45, 7) is 3.73. The molecular weight excluding hydrogens is 284 g/mol. The SMILES string of the molecule is O=C(c1cccc(CCl)c1)N1CCN(C2CCCC2)CC1. The highest BCUT2D eigenvalue weighted by atomic mass is 35.5. The number of hydrogen-bond acceptors (Lipinski definition) is 2. The lowest BCUT2D eigenvalue weighted by Crippen LogP contribution is -2.51. The smallest absolute Gasteiger partial charge is 0.253 e. The predicted octanol–water partition coefficient (Wildman–Crippen LogP) is 3.13. The molecule has 21 heavy (non-hydrogen) atoms. The van der Waals surface area contributed by atoms with E-state index in [1.54, 1.807) is 0 Å². The van der Waals surface area contributed by atoms with Crippen LogP contribution in [0.25, 0.3) is 0 Å². The van der Waals surface area contributed by atoms with E-state index in [9.17, 15) is 4.79 Å². The molecule has 0 atom stereocenters. The fourth-order valence-electron chi connectivity index (χ4n) is 3.53. The van der Waals surface area contributed by atoms with Crippen molar-refractivity contribution >= 4 is 17.5 Å². The molecule has 1 saturated carbocycles. The average molecular weight is 307 g/mol. The van der Waals surface area contributed by atoms with Gasteiger partial charge in [-0.1, -0.05) is 25.0 Å². The number of halogens is 1. The Kier molecular flexibility index (Phi) is 4.81. The van der Waals surface area contributed by atoms with Crippen LogP contribution in [-0.2, 0) is 5.88 Å². The predicted molar refractivity (Wildman–Crippen MR) is 85.7 cm³/mol. The largest absolute Gasteiger partial charge is 0.336 e. The van der Waals surface area contributed by atoms with Crippen LogP contribution in [0.15, 0.2) is 24.3 Å². The fourth-order valence-corrected chi connectivity index (χ4v) is 3.70. The van der Waals surface area contributed by atoms with E-state index in [4.69, 9.17) is 11.6 Å². The number of carbonyl (C=O) groups excluding carboxylic acids is 1. The molecule has 2 fully saturated rings. The van der Waals surface area contributed by atoms with E-state index >= 15 is 0 Å². The van der Waals surface area contributed by atoms with Gasteiger partial charge >= 0.3 is 0 Å². The molecule has 1 aliphatic carbocycles. The number of benzene rings is 1. The molecule has 0 radical (unpaired) electrons. The molecule has 0 spiro atoms. The summed E-state index contributed by atoms with van der Waals surface area (Å²) in [5, 5.41) is 0. The third kappa shape index (κ3) is 3.41. The van der Waals surface area contributed by atoms with Crippen molar-refractivity contribution in [3.05, 3.63) is 35.4 Å². The van der Waals surface area contributed by atoms with Gasteiger partial charge in [0.25, 0.3) is 5.91 Å². The summed E-state index contributed by atoms with van der Waals surface area (Å²) in [6, 6.07) is 8.45. The first-order valence-electron chi connectivity index (χ1n) is 7.96. The summed E-state index contributed by atoms with van der Waals surface area (Å²) in [7, 11) is 0. The van der Waals surface area contributed by atoms with Crippen LogP contribution in [0.4, 0.5) is 0 Å². The average Bonchev–Trinajstić information content (AvgIpc) is 3.09. The van der Waals surface area contributed by atoms with Crippen molar-refractivity contribution in [3.8, 4) is 0 Å². The molecule has 1 heterocycles. The molecular formula is C17H23ClN2O. The van der Waals surface area contributed by atoms with Crippen molar-refractivity contribution in [2.24, 2.45) is 0 Å². The summed E-state index contributed by atoms with van der Waals surface area (Å²) in [5.41, 5.74) is 1.77. The molecule has 1 aromatic carbocycles. The lowest BCUT2D eigenvalue weighted by atomic mass is 10.1. The summed E-state index contributed by atoms with van der Waals surface area (Å²) < 4.78 is 0. The van der Waals surface area contributed by atoms with Crippen LogP contribution in [-0.4, -0.2) is 47.9 Å². The van der Waals surface area contributed by atoms with Crippen molar-refractivity contribution < 1.29 is 4.79 Å². The highest BCUT2D eigenvalue weighted by Crippen LogP contribution is 2.24. The highest BCUT2D eigenvalue weighted by molar-refractivity contribution is 6.17. The molecule has 3 nitrogen and oxygen atoms in total. The van der Waals surface area contributed by atoms with Gasteiger partial charge in [-0.3, -0.25) is 9.69 Å². The van der Waals surface area contributed by atoms with Crippen LogP contribution >= 0.6 is 11.6 Å². The zero-order valence-electron chi connectivity index (χ0n) is 12.4. The first-order chi connectivity index (χ1) is 10.3. The molecule has 1 saturated heterocycles. The van der Waals surface area contributed by atoms with Crippen LogP contribution in [0.5, 0.6) is 0 Å². The van der Waals surface area contributed by atoms with Crippen LogP contribution < -0.4 is 0 Å². The second-order valence-corrected chi connectivity index (χ2v) is 6.37. The van der Waals surface area contributed by atoms with Crippen molar-refractivity contribution in [2.75, 3.05) is 26.2 Å². The molecule has 1 amide bonds. The number of hydrogen-bond donors (Lipinski definition) is 0. The van der Waals surface area contributed by atoms with Crippen LogP contribution in [0, 0.1) is 0 Å². The van der Waals surface area contributed by atoms with Gasteiger partial charge in [0.15, 0.2) is 0 Å². The first-order valence-corrected chi connectivity index (χ1v) is 8.49. The molecule has 3 rings (SSSR count). The number of amides is 1. The first kappa shape index (κ1) is 14.9. The highest BCUT2D eigenvalue weighted by Gasteiger charge is 2.28. The number of rotatable bonds is 3. The van der Waals surface area contributed by atoms with E-state index in [0.717, 1.165) is 43.3 Å². The second-order valence-electron chi connectivity index (χ2n) is 6.10. The topological polar surface area (TPSA) is 23.6 Å². The maximum absolute atomic E-state index is 12.6. The lowest BCUT2D eigenvalue weighted by Gasteiger charge is -2.38. The van der Waals surface area contributed by atoms with E-state index in [1.165, 1.54) is 25.7 Å². The van der Waals surface area contributed by atoms with Gasteiger partial charge in [0.05, 0.1) is 0 Å². The molecule has 4 heteroatoms. The Morgan fingerprint density at radius 2 is 1.86 bits per heavy atom. The number of nitrogens with zero attached hydrogens (tertiary/aromatic N) is 2. The van der Waals surface area contributed by atoms with E-state index in [-0.39, 0.29) is 5.91 Å². The van der Waals surface area contributed by atoms with Crippen molar-refractivity contribution in [1.29, 1.82) is 0 Å². The molecule has 2 aliphatic rings. The summed E-state index contributed by atoms with van der Waals surface area (Å²) in [5.74, 6) is 0.601. The molecule has 114 valence electrons. The fraction of sp³-hybridized carbons (Fsp3) is 0.588. The Balaban J connectivity index is 1.59. The zero-order valence-corrected chi connectivity index (χ0v) is 13.2. The quantitative estimate of drug-likeness (QED) is 0.801. The monoisotopic (exact) mass is 306 g/mol. The standard InChI is InChI=1S/C17H23ClN2O/c18-13-14-4-3-5-15(12-14)17(21)20-10-8-19(9-11-20)16-6-1-2-7-16/h3-5,12,16H,1-2,6-11,13H2. The van der Waals surface area contributed by atoms with Crippen LogP contribution in [0.1, 0.15) is 41.6 Å². The summed E-state index contributed by atoms with van der Waals surface area (Å²) in [6.07, 6.45) is 5.42. The summed E-state index contributed by atoms with van der Waals surface area (Å²) >= 11 is 5.85. The van der Waals surface area contributed by atoms with E-state index in [0.29, 0.717) is 5.88 Å². The lowest BCUT2D eigenvalue weighted by molar-refractivity contribution is 0.0573. The maximum Gasteiger partial charge on any atom is 0.253 e. The number of carbonyl (C=O) groups is 1. The maximum atomic E-state index is 12.6. The molecule has 1 aliphatic heterocycles.